The fraction of sp³-hybridized carbons (Fsp3) is 0.889. The molecule has 1 N–H and O–H groups in total. The Hall–Kier alpha value is -1.10. The van der Waals surface area contributed by atoms with Gasteiger partial charge in [-0.1, -0.05) is 33.1 Å². The summed E-state index contributed by atoms with van der Waals surface area (Å²) in [5.41, 5.74) is 0. The molecule has 5 nitrogen and oxygen atoms in total. The van der Waals surface area contributed by atoms with Crippen molar-refractivity contribution >= 4 is 11.8 Å². The van der Waals surface area contributed by atoms with Gasteiger partial charge in [-0.25, -0.2) is 0 Å². The van der Waals surface area contributed by atoms with Gasteiger partial charge in [0, 0.05) is 19.0 Å². The summed E-state index contributed by atoms with van der Waals surface area (Å²) in [6.45, 7) is 9.17. The SMILES string of the molecule is CC(C)[C@H](NC(=O)C1CCCCC1)C(=O)N1C[C@@H](C)O[C@@H](C)C1. The Labute approximate surface area is 140 Å². The maximum Gasteiger partial charge on any atom is 0.245 e. The summed E-state index contributed by atoms with van der Waals surface area (Å²) in [6.07, 6.45) is 5.47. The summed E-state index contributed by atoms with van der Waals surface area (Å²) in [5.74, 6) is 0.265. The number of carbonyl (C=O) groups excluding carboxylic acids is 2. The van der Waals surface area contributed by atoms with Crippen molar-refractivity contribution < 1.29 is 14.3 Å². The highest BCUT2D eigenvalue weighted by atomic mass is 16.5. The monoisotopic (exact) mass is 324 g/mol. The van der Waals surface area contributed by atoms with Gasteiger partial charge >= 0.3 is 0 Å². The summed E-state index contributed by atoms with van der Waals surface area (Å²) < 4.78 is 5.70. The van der Waals surface area contributed by atoms with Crippen LogP contribution in [0, 0.1) is 11.8 Å². The van der Waals surface area contributed by atoms with Crippen LogP contribution >= 0.6 is 0 Å². The summed E-state index contributed by atoms with van der Waals surface area (Å²) in [6, 6.07) is -0.429. The second-order valence-corrected chi connectivity index (χ2v) is 7.57. The molecule has 3 atom stereocenters. The molecule has 2 rings (SSSR count). The molecule has 0 spiro atoms. The van der Waals surface area contributed by atoms with E-state index in [-0.39, 0.29) is 35.9 Å². The molecular formula is C18H32N2O3. The van der Waals surface area contributed by atoms with Gasteiger partial charge in [-0.05, 0) is 32.6 Å². The smallest absolute Gasteiger partial charge is 0.245 e. The average molecular weight is 324 g/mol. The largest absolute Gasteiger partial charge is 0.372 e. The molecule has 23 heavy (non-hydrogen) atoms. The Bertz CT molecular complexity index is 408. The van der Waals surface area contributed by atoms with Gasteiger partial charge < -0.3 is 15.0 Å². The first-order valence-corrected chi connectivity index (χ1v) is 9.13. The Morgan fingerprint density at radius 2 is 1.61 bits per heavy atom. The fourth-order valence-corrected chi connectivity index (χ4v) is 3.70. The van der Waals surface area contributed by atoms with E-state index in [0.717, 1.165) is 25.7 Å². The van der Waals surface area contributed by atoms with Crippen molar-refractivity contribution in [2.45, 2.75) is 78.0 Å². The molecule has 0 bridgehead atoms. The van der Waals surface area contributed by atoms with Crippen molar-refractivity contribution in [3.63, 3.8) is 0 Å². The lowest BCUT2D eigenvalue weighted by molar-refractivity contribution is -0.148. The zero-order valence-corrected chi connectivity index (χ0v) is 15.0. The van der Waals surface area contributed by atoms with Crippen molar-refractivity contribution in [3.05, 3.63) is 0 Å². The van der Waals surface area contributed by atoms with Crippen molar-refractivity contribution in [2.24, 2.45) is 11.8 Å². The molecule has 0 aromatic rings. The van der Waals surface area contributed by atoms with Crippen molar-refractivity contribution in [1.29, 1.82) is 0 Å². The molecule has 1 aliphatic carbocycles. The van der Waals surface area contributed by atoms with Crippen molar-refractivity contribution in [2.75, 3.05) is 13.1 Å². The van der Waals surface area contributed by atoms with Gasteiger partial charge in [-0.15, -0.1) is 0 Å². The van der Waals surface area contributed by atoms with Gasteiger partial charge in [-0.2, -0.15) is 0 Å². The third kappa shape index (κ3) is 4.93. The maximum atomic E-state index is 12.9. The highest BCUT2D eigenvalue weighted by Gasteiger charge is 2.34. The number of carbonyl (C=O) groups is 2. The Morgan fingerprint density at radius 3 is 2.13 bits per heavy atom. The number of nitrogens with one attached hydrogen (secondary N) is 1. The number of morpholine rings is 1. The predicted molar refractivity (Wildman–Crippen MR) is 89.9 cm³/mol. The molecule has 0 unspecified atom stereocenters. The lowest BCUT2D eigenvalue weighted by Crippen LogP contribution is -2.57. The van der Waals surface area contributed by atoms with E-state index in [1.54, 1.807) is 0 Å². The summed E-state index contributed by atoms with van der Waals surface area (Å²) in [4.78, 5) is 27.3. The lowest BCUT2D eigenvalue weighted by atomic mass is 9.88. The van der Waals surface area contributed by atoms with E-state index in [9.17, 15) is 9.59 Å². The second kappa shape index (κ2) is 8.13. The van der Waals surface area contributed by atoms with E-state index in [4.69, 9.17) is 4.74 Å². The first-order valence-electron chi connectivity index (χ1n) is 9.13. The molecule has 1 heterocycles. The van der Waals surface area contributed by atoms with Crippen LogP contribution in [0.2, 0.25) is 0 Å². The topological polar surface area (TPSA) is 58.6 Å². The molecule has 2 aliphatic rings. The fourth-order valence-electron chi connectivity index (χ4n) is 3.70. The minimum atomic E-state index is -0.429. The van der Waals surface area contributed by atoms with E-state index < -0.39 is 6.04 Å². The third-order valence-corrected chi connectivity index (χ3v) is 4.94. The first kappa shape index (κ1) is 18.2. The van der Waals surface area contributed by atoms with Gasteiger partial charge in [-0.3, -0.25) is 9.59 Å². The standard InChI is InChI=1S/C18H32N2O3/c1-12(2)16(19-17(21)15-8-6-5-7-9-15)18(22)20-10-13(3)23-14(4)11-20/h12-16H,5-11H2,1-4H3,(H,19,21)/t13-,14+,16-/m0/s1. The van der Waals surface area contributed by atoms with Crippen LogP contribution in [-0.4, -0.2) is 48.1 Å². The molecule has 132 valence electrons. The van der Waals surface area contributed by atoms with E-state index in [1.165, 1.54) is 6.42 Å². The molecule has 2 fully saturated rings. The molecule has 2 amide bonds. The summed E-state index contributed by atoms with van der Waals surface area (Å²) >= 11 is 0. The quantitative estimate of drug-likeness (QED) is 0.863. The number of rotatable bonds is 4. The van der Waals surface area contributed by atoms with Gasteiger partial charge in [0.15, 0.2) is 0 Å². The van der Waals surface area contributed by atoms with E-state index in [2.05, 4.69) is 5.32 Å². The lowest BCUT2D eigenvalue weighted by Gasteiger charge is -2.38. The number of hydrogen-bond acceptors (Lipinski definition) is 3. The third-order valence-electron chi connectivity index (χ3n) is 4.94. The van der Waals surface area contributed by atoms with Crippen LogP contribution in [-0.2, 0) is 14.3 Å². The van der Waals surface area contributed by atoms with E-state index in [0.29, 0.717) is 13.1 Å². The zero-order chi connectivity index (χ0) is 17.0. The van der Waals surface area contributed by atoms with Crippen LogP contribution in [0.25, 0.3) is 0 Å². The molecule has 0 radical (unpaired) electrons. The van der Waals surface area contributed by atoms with E-state index in [1.807, 2.05) is 32.6 Å². The second-order valence-electron chi connectivity index (χ2n) is 7.57. The normalized spacial score (nSPS) is 27.8. The van der Waals surface area contributed by atoms with Gasteiger partial charge in [0.25, 0.3) is 0 Å². The Kier molecular flexibility index (Phi) is 6.45. The van der Waals surface area contributed by atoms with Gasteiger partial charge in [0.1, 0.15) is 6.04 Å². The number of ether oxygens (including phenoxy) is 1. The minimum Gasteiger partial charge on any atom is -0.372 e. The highest BCUT2D eigenvalue weighted by molar-refractivity contribution is 5.88. The van der Waals surface area contributed by atoms with Crippen LogP contribution in [0.15, 0.2) is 0 Å². The van der Waals surface area contributed by atoms with Crippen LogP contribution in [0.4, 0.5) is 0 Å². The van der Waals surface area contributed by atoms with Gasteiger partial charge in [0.05, 0.1) is 12.2 Å². The molecule has 1 saturated heterocycles. The van der Waals surface area contributed by atoms with Crippen LogP contribution < -0.4 is 5.32 Å². The molecule has 5 heteroatoms. The van der Waals surface area contributed by atoms with Crippen molar-refractivity contribution in [3.8, 4) is 0 Å². The predicted octanol–water partition coefficient (Wildman–Crippen LogP) is 2.34. The highest BCUT2D eigenvalue weighted by Crippen LogP contribution is 2.24. The average Bonchev–Trinajstić information content (AvgIpc) is 2.51. The number of nitrogens with zero attached hydrogens (tertiary/aromatic N) is 1. The summed E-state index contributed by atoms with van der Waals surface area (Å²) in [5, 5.41) is 3.04. The zero-order valence-electron chi connectivity index (χ0n) is 15.0. The summed E-state index contributed by atoms with van der Waals surface area (Å²) in [7, 11) is 0. The van der Waals surface area contributed by atoms with Crippen LogP contribution in [0.3, 0.4) is 0 Å². The van der Waals surface area contributed by atoms with Crippen LogP contribution in [0.5, 0.6) is 0 Å². The number of hydrogen-bond donors (Lipinski definition) is 1. The van der Waals surface area contributed by atoms with Gasteiger partial charge in [0.2, 0.25) is 11.8 Å². The molecule has 1 aliphatic heterocycles. The number of amides is 2. The maximum absolute atomic E-state index is 12.9. The van der Waals surface area contributed by atoms with Crippen LogP contribution in [0.1, 0.15) is 59.8 Å². The van der Waals surface area contributed by atoms with Crippen molar-refractivity contribution in [1.82, 2.24) is 10.2 Å². The molecule has 0 aromatic carbocycles. The molecule has 1 saturated carbocycles. The minimum absolute atomic E-state index is 0.0335. The molecular weight excluding hydrogens is 292 g/mol. The van der Waals surface area contributed by atoms with E-state index >= 15 is 0 Å². The Morgan fingerprint density at radius 1 is 1.04 bits per heavy atom. The first-order chi connectivity index (χ1) is 10.9. The Balaban J connectivity index is 1.99. The molecule has 0 aromatic heterocycles.